The number of fused-ring (bicyclic) bond motifs is 1. The molecule has 8 heteroatoms. The zero-order valence-electron chi connectivity index (χ0n) is 13.1. The molecule has 0 saturated heterocycles. The first-order chi connectivity index (χ1) is 12.3. The highest BCUT2D eigenvalue weighted by Gasteiger charge is 2.14. The largest absolute Gasteiger partial charge is 0.497 e. The number of hydrogen-bond donors (Lipinski definition) is 1. The van der Waals surface area contributed by atoms with E-state index in [4.69, 9.17) is 14.7 Å². The number of ether oxygens (including phenoxy) is 1. The Kier molecular flexibility index (Phi) is 4.82. The SMILES string of the molecule is COc1ccc(Nc2nc(-c3cccs3)c3ccn(SI)c3n2)cc1. The topological polar surface area (TPSA) is 52.0 Å². The number of nitrogens with zero attached hydrogens (tertiary/aromatic N) is 3. The number of nitrogens with one attached hydrogen (secondary N) is 1. The van der Waals surface area contributed by atoms with E-state index in [9.17, 15) is 0 Å². The average molecular weight is 480 g/mol. The zero-order chi connectivity index (χ0) is 17.2. The Morgan fingerprint density at radius 1 is 1.16 bits per heavy atom. The van der Waals surface area contributed by atoms with E-state index >= 15 is 0 Å². The first-order valence-electron chi connectivity index (χ1n) is 7.41. The fraction of sp³-hybridized carbons (Fsp3) is 0.0588. The summed E-state index contributed by atoms with van der Waals surface area (Å²) in [6.07, 6.45) is 2.02. The van der Waals surface area contributed by atoms with Crippen molar-refractivity contribution in [3.05, 3.63) is 54.0 Å². The number of methoxy groups -OCH3 is 1. The van der Waals surface area contributed by atoms with E-state index in [1.54, 1.807) is 27.6 Å². The van der Waals surface area contributed by atoms with Crippen molar-refractivity contribution in [2.45, 2.75) is 0 Å². The first-order valence-corrected chi connectivity index (χ1v) is 11.6. The highest BCUT2D eigenvalue weighted by molar-refractivity contribution is 14.2. The Bertz CT molecular complexity index is 1000. The number of aromatic nitrogens is 3. The van der Waals surface area contributed by atoms with Crippen LogP contribution in [0.25, 0.3) is 21.6 Å². The lowest BCUT2D eigenvalue weighted by atomic mass is 10.2. The van der Waals surface area contributed by atoms with E-state index in [1.165, 1.54) is 0 Å². The smallest absolute Gasteiger partial charge is 0.229 e. The average Bonchev–Trinajstić information content (AvgIpc) is 3.31. The monoisotopic (exact) mass is 480 g/mol. The molecule has 0 radical (unpaired) electrons. The van der Waals surface area contributed by atoms with Gasteiger partial charge in [-0.25, -0.2) is 4.98 Å². The quantitative estimate of drug-likeness (QED) is 0.369. The van der Waals surface area contributed by atoms with E-state index in [2.05, 4.69) is 44.0 Å². The van der Waals surface area contributed by atoms with E-state index in [-0.39, 0.29) is 0 Å². The summed E-state index contributed by atoms with van der Waals surface area (Å²) >= 11 is 3.93. The van der Waals surface area contributed by atoms with Crippen LogP contribution in [-0.4, -0.2) is 21.1 Å². The van der Waals surface area contributed by atoms with Crippen molar-refractivity contribution >= 4 is 64.3 Å². The molecular formula is C17H13IN4OS2. The maximum atomic E-state index is 5.20. The number of halogens is 1. The Labute approximate surface area is 165 Å². The fourth-order valence-corrected chi connectivity index (χ4v) is 4.50. The number of anilines is 2. The van der Waals surface area contributed by atoms with Crippen LogP contribution in [0.2, 0.25) is 0 Å². The molecule has 126 valence electrons. The fourth-order valence-electron chi connectivity index (χ4n) is 2.51. The van der Waals surface area contributed by atoms with Gasteiger partial charge in [0.25, 0.3) is 0 Å². The van der Waals surface area contributed by atoms with Gasteiger partial charge in [-0.15, -0.1) is 11.3 Å². The summed E-state index contributed by atoms with van der Waals surface area (Å²) in [6.45, 7) is 0. The van der Waals surface area contributed by atoms with E-state index in [0.717, 1.165) is 33.0 Å². The van der Waals surface area contributed by atoms with Gasteiger partial charge in [-0.05, 0) is 41.8 Å². The third-order valence-corrected chi connectivity index (χ3v) is 6.28. The second kappa shape index (κ2) is 7.22. The molecule has 3 aromatic heterocycles. The van der Waals surface area contributed by atoms with Crippen LogP contribution in [-0.2, 0) is 0 Å². The molecule has 0 bridgehead atoms. The molecule has 0 amide bonds. The predicted molar refractivity (Wildman–Crippen MR) is 114 cm³/mol. The van der Waals surface area contributed by atoms with Gasteiger partial charge in [0, 0.05) is 47.6 Å². The Hall–Kier alpha value is -1.78. The Morgan fingerprint density at radius 3 is 2.68 bits per heavy atom. The standard InChI is InChI=1S/C17H13IN4OS2/c1-23-12-6-4-11(5-7-12)19-17-20-15(14-3-2-10-24-14)13-8-9-22(25-18)16(13)21-17/h2-10H,1H3,(H,19,20,21). The van der Waals surface area contributed by atoms with Crippen molar-refractivity contribution < 1.29 is 4.74 Å². The van der Waals surface area contributed by atoms with E-state index < -0.39 is 0 Å². The van der Waals surface area contributed by atoms with Crippen LogP contribution in [0.4, 0.5) is 11.6 Å². The molecule has 4 rings (SSSR count). The summed E-state index contributed by atoms with van der Waals surface area (Å²) in [4.78, 5) is 10.6. The van der Waals surface area contributed by atoms with Crippen LogP contribution in [0.3, 0.4) is 0 Å². The molecule has 1 N–H and O–H groups in total. The molecule has 4 aromatic rings. The number of benzene rings is 1. The van der Waals surface area contributed by atoms with Gasteiger partial charge in [0.05, 0.1) is 17.7 Å². The van der Waals surface area contributed by atoms with Gasteiger partial charge >= 0.3 is 0 Å². The van der Waals surface area contributed by atoms with E-state index in [1.807, 2.05) is 40.5 Å². The lowest BCUT2D eigenvalue weighted by Crippen LogP contribution is -2.00. The van der Waals surface area contributed by atoms with Crippen molar-refractivity contribution in [3.63, 3.8) is 0 Å². The molecule has 0 aliphatic rings. The minimum absolute atomic E-state index is 0.575. The molecule has 0 unspecified atom stereocenters. The molecule has 25 heavy (non-hydrogen) atoms. The summed E-state index contributed by atoms with van der Waals surface area (Å²) < 4.78 is 7.24. The summed E-state index contributed by atoms with van der Waals surface area (Å²) in [7, 11) is 3.24. The second-order valence-electron chi connectivity index (χ2n) is 5.17. The summed E-state index contributed by atoms with van der Waals surface area (Å²) in [6, 6.07) is 13.9. The maximum absolute atomic E-state index is 5.20. The number of rotatable bonds is 5. The third kappa shape index (κ3) is 3.33. The van der Waals surface area contributed by atoms with Crippen LogP contribution in [0, 0.1) is 0 Å². The van der Waals surface area contributed by atoms with Crippen molar-refractivity contribution in [1.82, 2.24) is 13.9 Å². The molecule has 0 aliphatic heterocycles. The van der Waals surface area contributed by atoms with Gasteiger partial charge in [-0.3, -0.25) is 3.97 Å². The normalized spacial score (nSPS) is 11.0. The molecule has 0 saturated carbocycles. The summed E-state index contributed by atoms with van der Waals surface area (Å²) in [5.74, 6) is 1.39. The van der Waals surface area contributed by atoms with Gasteiger partial charge in [-0.1, -0.05) is 6.07 Å². The molecule has 5 nitrogen and oxygen atoms in total. The second-order valence-corrected chi connectivity index (χ2v) is 7.84. The molecule has 0 aliphatic carbocycles. The van der Waals surface area contributed by atoms with Crippen LogP contribution >= 0.6 is 41.7 Å². The summed E-state index contributed by atoms with van der Waals surface area (Å²) in [5, 5.41) is 6.40. The van der Waals surface area contributed by atoms with Crippen molar-refractivity contribution in [2.75, 3.05) is 12.4 Å². The molecular weight excluding hydrogens is 467 g/mol. The lowest BCUT2D eigenvalue weighted by molar-refractivity contribution is 0.415. The maximum Gasteiger partial charge on any atom is 0.229 e. The molecule has 1 aromatic carbocycles. The Morgan fingerprint density at radius 2 is 2.00 bits per heavy atom. The molecule has 3 heterocycles. The molecule has 0 fully saturated rings. The lowest BCUT2D eigenvalue weighted by Gasteiger charge is -2.09. The van der Waals surface area contributed by atoms with Gasteiger partial charge in [-0.2, -0.15) is 4.98 Å². The molecule has 0 spiro atoms. The van der Waals surface area contributed by atoms with Gasteiger partial charge in [0.15, 0.2) is 5.65 Å². The minimum atomic E-state index is 0.575. The molecule has 0 atom stereocenters. The Balaban J connectivity index is 1.80. The number of thiophene rings is 1. The minimum Gasteiger partial charge on any atom is -0.497 e. The van der Waals surface area contributed by atoms with Gasteiger partial charge in [0.1, 0.15) is 5.75 Å². The van der Waals surface area contributed by atoms with Crippen molar-refractivity contribution in [3.8, 4) is 16.3 Å². The first kappa shape index (κ1) is 16.7. The van der Waals surface area contributed by atoms with Crippen LogP contribution in [0.5, 0.6) is 5.75 Å². The summed E-state index contributed by atoms with van der Waals surface area (Å²) in [5.41, 5.74) is 2.76. The number of hydrogen-bond acceptors (Lipinski definition) is 6. The van der Waals surface area contributed by atoms with Crippen LogP contribution in [0.15, 0.2) is 54.0 Å². The zero-order valence-corrected chi connectivity index (χ0v) is 16.9. The van der Waals surface area contributed by atoms with Crippen LogP contribution in [0.1, 0.15) is 0 Å². The van der Waals surface area contributed by atoms with Crippen molar-refractivity contribution in [1.29, 1.82) is 0 Å². The highest BCUT2D eigenvalue weighted by Crippen LogP contribution is 2.34. The van der Waals surface area contributed by atoms with Crippen molar-refractivity contribution in [2.24, 2.45) is 0 Å². The van der Waals surface area contributed by atoms with Crippen LogP contribution < -0.4 is 10.1 Å². The highest BCUT2D eigenvalue weighted by atomic mass is 127. The van der Waals surface area contributed by atoms with Gasteiger partial charge < -0.3 is 10.1 Å². The third-order valence-electron chi connectivity index (χ3n) is 3.69. The van der Waals surface area contributed by atoms with Gasteiger partial charge in [0.2, 0.25) is 5.95 Å². The predicted octanol–water partition coefficient (Wildman–Crippen LogP) is 5.76. The van der Waals surface area contributed by atoms with E-state index in [0.29, 0.717) is 5.95 Å².